The molecule has 46 heavy (non-hydrogen) atoms. The number of pyridine rings is 2. The summed E-state index contributed by atoms with van der Waals surface area (Å²) in [6.07, 6.45) is -13.0. The van der Waals surface area contributed by atoms with E-state index in [2.05, 4.69) is 25.3 Å². The molecule has 6 heterocycles. The zero-order chi connectivity index (χ0) is 33.1. The Kier molecular flexibility index (Phi) is 6.57. The van der Waals surface area contributed by atoms with E-state index in [0.29, 0.717) is 6.07 Å². The van der Waals surface area contributed by atoms with Gasteiger partial charge in [0.2, 0.25) is 12.0 Å². The monoisotopic (exact) mass is 664 g/mol. The van der Waals surface area contributed by atoms with Gasteiger partial charge in [0.15, 0.2) is 5.82 Å². The summed E-state index contributed by atoms with van der Waals surface area (Å²) in [4.78, 5) is 18.7. The van der Waals surface area contributed by atoms with Gasteiger partial charge in [-0.25, -0.2) is 23.1 Å². The Balaban J connectivity index is 1.43. The molecule has 3 N–H and O–H groups in total. The van der Waals surface area contributed by atoms with Crippen LogP contribution in [0.15, 0.2) is 6.07 Å². The minimum Gasteiger partial charge on any atom is -0.462 e. The second-order valence-corrected chi connectivity index (χ2v) is 12.0. The van der Waals surface area contributed by atoms with Crippen LogP contribution in [0.25, 0.3) is 22.2 Å². The van der Waals surface area contributed by atoms with Crippen LogP contribution in [-0.2, 0) is 6.18 Å². The van der Waals surface area contributed by atoms with Crippen LogP contribution in [0.5, 0.6) is 11.9 Å². The van der Waals surface area contributed by atoms with Crippen LogP contribution in [0.1, 0.15) is 17.7 Å². The number of likely N-dealkylation sites (tertiary alicyclic amines) is 1. The molecule has 0 radical (unpaired) electrons. The molecule has 0 bridgehead atoms. The number of nitrogen functional groups attached to an aromatic ring is 1. The highest BCUT2D eigenvalue weighted by atomic mass is 19.4. The highest BCUT2D eigenvalue weighted by molar-refractivity contribution is 5.97. The van der Waals surface area contributed by atoms with Gasteiger partial charge in [-0.15, -0.1) is 0 Å². The molecule has 19 heteroatoms. The van der Waals surface area contributed by atoms with Gasteiger partial charge in [-0.2, -0.15) is 36.3 Å². The van der Waals surface area contributed by atoms with E-state index in [0.717, 1.165) is 6.92 Å². The van der Waals surface area contributed by atoms with E-state index < -0.39 is 98.8 Å². The Morgan fingerprint density at radius 3 is 2.48 bits per heavy atom. The van der Waals surface area contributed by atoms with E-state index in [1.54, 1.807) is 11.9 Å². The maximum absolute atomic E-state index is 16.5. The number of rotatable bonds is 4. The van der Waals surface area contributed by atoms with Crippen LogP contribution in [0, 0.1) is 18.2 Å². The average molecular weight is 665 g/mol. The number of anilines is 2. The van der Waals surface area contributed by atoms with Crippen molar-refractivity contribution in [2.24, 2.45) is 5.41 Å². The Morgan fingerprint density at radius 2 is 1.85 bits per heavy atom. The van der Waals surface area contributed by atoms with Gasteiger partial charge in [0, 0.05) is 38.2 Å². The molecule has 0 aromatic carbocycles. The molecule has 1 spiro atoms. The summed E-state index contributed by atoms with van der Waals surface area (Å²) in [6.45, 7) is 0.610. The fraction of sp³-hybridized carbons (Fsp3) is 0.556. The summed E-state index contributed by atoms with van der Waals surface area (Å²) >= 11 is 0. The Morgan fingerprint density at radius 1 is 1.13 bits per heavy atom. The molecule has 7 rings (SSSR count). The smallest absolute Gasteiger partial charge is 0.427 e. The molecule has 10 nitrogen and oxygen atoms in total. The van der Waals surface area contributed by atoms with E-state index in [1.807, 2.05) is 0 Å². The molecule has 1 saturated carbocycles. The van der Waals surface area contributed by atoms with E-state index >= 15 is 4.39 Å². The van der Waals surface area contributed by atoms with E-state index in [1.165, 1.54) is 4.90 Å². The number of ether oxygens (including phenoxy) is 2. The lowest BCUT2D eigenvalue weighted by Gasteiger charge is -2.46. The van der Waals surface area contributed by atoms with Crippen molar-refractivity contribution < 1.29 is 49.0 Å². The lowest BCUT2D eigenvalue weighted by Crippen LogP contribution is -2.61. The van der Waals surface area contributed by atoms with Crippen LogP contribution in [0.3, 0.4) is 0 Å². The molecule has 3 aromatic rings. The first-order valence-electron chi connectivity index (χ1n) is 14.1. The second kappa shape index (κ2) is 9.82. The predicted molar refractivity (Wildman–Crippen MR) is 143 cm³/mol. The van der Waals surface area contributed by atoms with Gasteiger partial charge >= 0.3 is 18.4 Å². The van der Waals surface area contributed by atoms with Gasteiger partial charge in [-0.1, -0.05) is 0 Å². The number of aromatic nitrogens is 4. The number of nitrogens with zero attached hydrogens (tertiary/aromatic N) is 6. The molecule has 2 saturated heterocycles. The topological polar surface area (TPSA) is 115 Å². The zero-order valence-corrected chi connectivity index (χ0v) is 24.0. The van der Waals surface area contributed by atoms with Gasteiger partial charge in [-0.3, -0.25) is 4.90 Å². The number of nitrogens with one attached hydrogen (secondary N) is 1. The van der Waals surface area contributed by atoms with E-state index in [-0.39, 0.29) is 45.0 Å². The lowest BCUT2D eigenvalue weighted by molar-refractivity contribution is -0.201. The van der Waals surface area contributed by atoms with Crippen molar-refractivity contribution in [1.29, 1.82) is 0 Å². The summed E-state index contributed by atoms with van der Waals surface area (Å²) < 4.78 is 142. The summed E-state index contributed by atoms with van der Waals surface area (Å²) in [5, 5.41) is 2.42. The SMILES string of the molecule is Cc1nc(N)cc(-c2nc3c4c(nc(OC[C@H]5N(C)C[C@@]56CC6(F)F)nc4c2F)N2CCNC[C@H]2[C@H](C(F)(F)F)O3)c1C(F)(F)F. The van der Waals surface area contributed by atoms with Crippen LogP contribution in [0.2, 0.25) is 0 Å². The zero-order valence-electron chi connectivity index (χ0n) is 24.0. The summed E-state index contributed by atoms with van der Waals surface area (Å²) in [5.41, 5.74) is -0.349. The predicted octanol–water partition coefficient (Wildman–Crippen LogP) is 3.96. The third-order valence-corrected chi connectivity index (χ3v) is 9.15. The van der Waals surface area contributed by atoms with E-state index in [9.17, 15) is 35.1 Å². The third-order valence-electron chi connectivity index (χ3n) is 9.15. The first-order valence-corrected chi connectivity index (χ1v) is 14.1. The summed E-state index contributed by atoms with van der Waals surface area (Å²) in [5.74, 6) is -5.92. The number of hydrogen-bond donors (Lipinski definition) is 2. The van der Waals surface area contributed by atoms with Crippen molar-refractivity contribution in [2.45, 2.75) is 49.8 Å². The number of alkyl halides is 8. The lowest BCUT2D eigenvalue weighted by atomic mass is 9.85. The number of piperazine rings is 1. The molecule has 248 valence electrons. The summed E-state index contributed by atoms with van der Waals surface area (Å²) in [7, 11) is 1.60. The fourth-order valence-corrected chi connectivity index (χ4v) is 6.92. The van der Waals surface area contributed by atoms with Gasteiger partial charge in [0.1, 0.15) is 34.8 Å². The summed E-state index contributed by atoms with van der Waals surface area (Å²) in [6, 6.07) is -2.10. The van der Waals surface area contributed by atoms with Crippen molar-refractivity contribution in [1.82, 2.24) is 30.2 Å². The highest BCUT2D eigenvalue weighted by Gasteiger charge is 2.79. The number of hydrogen-bond acceptors (Lipinski definition) is 10. The maximum atomic E-state index is 16.5. The van der Waals surface area contributed by atoms with Crippen LogP contribution in [0.4, 0.5) is 51.1 Å². The Hall–Kier alpha value is -3.87. The number of fused-ring (bicyclic) bond motifs is 2. The van der Waals surface area contributed by atoms with Crippen molar-refractivity contribution in [2.75, 3.05) is 50.5 Å². The van der Waals surface area contributed by atoms with Gasteiger partial charge in [-0.05, 0) is 20.0 Å². The standard InChI is InChI=1S/C27H25F9N8O2/c1-10-16(26(31,32)33)11(5-14(37)39-10)18-17(28)19-15-21(42-23(41-19)45-7-13-24(9-43(13)2)8-25(24,29)30)44-4-3-38-6-12(44)20(27(34,35)36)46-22(15)40-18/h5,12-13,20,38H,3-4,6-9H2,1-2H3,(H2,37,39)/t12-,13+,20+,24-/m0/s1. The number of halogens is 9. The number of likely N-dealkylation sites (N-methyl/N-ethyl adjacent to an activating group) is 1. The van der Waals surface area contributed by atoms with Crippen LogP contribution >= 0.6 is 0 Å². The van der Waals surface area contributed by atoms with Gasteiger partial charge < -0.3 is 25.4 Å². The normalized spacial score (nSPS) is 27.2. The third kappa shape index (κ3) is 4.56. The molecule has 0 unspecified atom stereocenters. The van der Waals surface area contributed by atoms with Gasteiger partial charge in [0.05, 0.1) is 28.8 Å². The van der Waals surface area contributed by atoms with Gasteiger partial charge in [0.25, 0.3) is 5.92 Å². The Bertz CT molecular complexity index is 1750. The quantitative estimate of drug-likeness (QED) is 0.398. The van der Waals surface area contributed by atoms with Crippen molar-refractivity contribution >= 4 is 22.5 Å². The van der Waals surface area contributed by atoms with Crippen molar-refractivity contribution in [3.8, 4) is 23.1 Å². The Labute approximate surface area is 254 Å². The first-order chi connectivity index (χ1) is 21.4. The number of nitrogens with two attached hydrogens (primary N) is 1. The molecule has 3 aromatic heterocycles. The second-order valence-electron chi connectivity index (χ2n) is 12.0. The van der Waals surface area contributed by atoms with E-state index in [4.69, 9.17) is 15.2 Å². The fourth-order valence-electron chi connectivity index (χ4n) is 6.92. The molecule has 4 aliphatic rings. The molecule has 3 fully saturated rings. The largest absolute Gasteiger partial charge is 0.462 e. The minimum absolute atomic E-state index is 0.0615. The minimum atomic E-state index is -5.10. The van der Waals surface area contributed by atoms with Crippen LogP contribution in [-0.4, -0.2) is 95.0 Å². The molecule has 3 aliphatic heterocycles. The molecular weight excluding hydrogens is 639 g/mol. The molecule has 4 atom stereocenters. The van der Waals surface area contributed by atoms with Crippen LogP contribution < -0.4 is 25.4 Å². The molecule has 0 amide bonds. The van der Waals surface area contributed by atoms with Crippen molar-refractivity contribution in [3.63, 3.8) is 0 Å². The maximum Gasteiger partial charge on any atom is 0.427 e. The molecular formula is C27H25F9N8O2. The average Bonchev–Trinajstić information content (AvgIpc) is 3.56. The van der Waals surface area contributed by atoms with Crippen molar-refractivity contribution in [3.05, 3.63) is 23.1 Å². The number of aryl methyl sites for hydroxylation is 1. The molecule has 1 aliphatic carbocycles. The first kappa shape index (κ1) is 30.8. The highest BCUT2D eigenvalue weighted by Crippen LogP contribution is 2.68.